The van der Waals surface area contributed by atoms with Gasteiger partial charge in [-0.05, 0) is 26.0 Å². The van der Waals surface area contributed by atoms with Gasteiger partial charge >= 0.3 is 5.97 Å². The molecule has 0 aliphatic heterocycles. The molecule has 5 heteroatoms. The van der Waals surface area contributed by atoms with Gasteiger partial charge in [0.15, 0.2) is 6.61 Å². The zero-order valence-corrected chi connectivity index (χ0v) is 11.3. The Hall–Kier alpha value is -2.04. The molecule has 1 aromatic rings. The van der Waals surface area contributed by atoms with Gasteiger partial charge in [0.05, 0.1) is 6.42 Å². The van der Waals surface area contributed by atoms with Gasteiger partial charge in [0, 0.05) is 13.1 Å². The van der Waals surface area contributed by atoms with Crippen molar-refractivity contribution in [3.8, 4) is 5.75 Å². The predicted octanol–water partition coefficient (Wildman–Crippen LogP) is 1.70. The Labute approximate surface area is 112 Å². The Morgan fingerprint density at radius 3 is 2.42 bits per heavy atom. The highest BCUT2D eigenvalue weighted by atomic mass is 16.5. The standard InChI is InChI=1S/C14H19NO4/c1-3-15(9-8-14(17)18)13(16)10-19-12-6-4-11(2)5-7-12/h4-7H,3,8-10H2,1-2H3,(H,17,18). The second-order valence-corrected chi connectivity index (χ2v) is 4.22. The first-order chi connectivity index (χ1) is 9.02. The molecule has 0 aromatic heterocycles. The Bertz CT molecular complexity index is 428. The maximum atomic E-state index is 11.8. The summed E-state index contributed by atoms with van der Waals surface area (Å²) in [4.78, 5) is 23.8. The number of carbonyl (C=O) groups is 2. The molecule has 1 aromatic carbocycles. The third-order valence-corrected chi connectivity index (χ3v) is 2.71. The smallest absolute Gasteiger partial charge is 0.305 e. The molecule has 0 aliphatic rings. The van der Waals surface area contributed by atoms with Crippen molar-refractivity contribution in [1.82, 2.24) is 4.90 Å². The van der Waals surface area contributed by atoms with Crippen LogP contribution in [-0.2, 0) is 9.59 Å². The van der Waals surface area contributed by atoms with Crippen LogP contribution in [0.1, 0.15) is 18.9 Å². The molecule has 0 atom stereocenters. The van der Waals surface area contributed by atoms with Crippen molar-refractivity contribution in [2.75, 3.05) is 19.7 Å². The first-order valence-electron chi connectivity index (χ1n) is 6.22. The molecule has 1 amide bonds. The topological polar surface area (TPSA) is 66.8 Å². The van der Waals surface area contributed by atoms with Crippen LogP contribution in [0.25, 0.3) is 0 Å². The van der Waals surface area contributed by atoms with Crippen molar-refractivity contribution in [3.05, 3.63) is 29.8 Å². The second kappa shape index (κ2) is 7.41. The number of aryl methyl sites for hydroxylation is 1. The van der Waals surface area contributed by atoms with Crippen molar-refractivity contribution in [1.29, 1.82) is 0 Å². The lowest BCUT2D eigenvalue weighted by Gasteiger charge is -2.20. The van der Waals surface area contributed by atoms with Crippen molar-refractivity contribution in [3.63, 3.8) is 0 Å². The van der Waals surface area contributed by atoms with Crippen LogP contribution in [0.15, 0.2) is 24.3 Å². The molecule has 0 heterocycles. The number of carbonyl (C=O) groups excluding carboxylic acids is 1. The molecule has 5 nitrogen and oxygen atoms in total. The Morgan fingerprint density at radius 1 is 1.26 bits per heavy atom. The molecule has 0 radical (unpaired) electrons. The average molecular weight is 265 g/mol. The fourth-order valence-electron chi connectivity index (χ4n) is 1.56. The minimum Gasteiger partial charge on any atom is -0.484 e. The van der Waals surface area contributed by atoms with E-state index in [2.05, 4.69) is 0 Å². The van der Waals surface area contributed by atoms with Gasteiger partial charge in [0.2, 0.25) is 0 Å². The van der Waals surface area contributed by atoms with Gasteiger partial charge in [0.1, 0.15) is 5.75 Å². The number of rotatable bonds is 7. The number of nitrogens with zero attached hydrogens (tertiary/aromatic N) is 1. The summed E-state index contributed by atoms with van der Waals surface area (Å²) < 4.78 is 5.37. The lowest BCUT2D eigenvalue weighted by Crippen LogP contribution is -2.36. The number of carboxylic acids is 1. The van der Waals surface area contributed by atoms with Crippen molar-refractivity contribution < 1.29 is 19.4 Å². The van der Waals surface area contributed by atoms with E-state index in [1.165, 1.54) is 4.90 Å². The van der Waals surface area contributed by atoms with E-state index in [4.69, 9.17) is 9.84 Å². The summed E-state index contributed by atoms with van der Waals surface area (Å²) in [5.41, 5.74) is 1.12. The van der Waals surface area contributed by atoms with Gasteiger partial charge in [-0.25, -0.2) is 0 Å². The van der Waals surface area contributed by atoms with Gasteiger partial charge in [-0.1, -0.05) is 17.7 Å². The zero-order chi connectivity index (χ0) is 14.3. The van der Waals surface area contributed by atoms with Crippen LogP contribution in [0.5, 0.6) is 5.75 Å². The van der Waals surface area contributed by atoms with Crippen LogP contribution < -0.4 is 4.74 Å². The van der Waals surface area contributed by atoms with E-state index in [1.54, 1.807) is 12.1 Å². The molecule has 1 rings (SSSR count). The molecule has 0 bridgehead atoms. The van der Waals surface area contributed by atoms with Crippen LogP contribution in [-0.4, -0.2) is 41.6 Å². The maximum absolute atomic E-state index is 11.8. The van der Waals surface area contributed by atoms with Crippen LogP contribution in [0.3, 0.4) is 0 Å². The van der Waals surface area contributed by atoms with Gasteiger partial charge in [0.25, 0.3) is 5.91 Å². The predicted molar refractivity (Wildman–Crippen MR) is 71.2 cm³/mol. The van der Waals surface area contributed by atoms with Crippen LogP contribution in [0.2, 0.25) is 0 Å². The van der Waals surface area contributed by atoms with E-state index >= 15 is 0 Å². The lowest BCUT2D eigenvalue weighted by atomic mass is 10.2. The highest BCUT2D eigenvalue weighted by Gasteiger charge is 2.13. The van der Waals surface area contributed by atoms with E-state index < -0.39 is 5.97 Å². The number of likely N-dealkylation sites (N-methyl/N-ethyl adjacent to an activating group) is 1. The highest BCUT2D eigenvalue weighted by Crippen LogP contribution is 2.11. The fraction of sp³-hybridized carbons (Fsp3) is 0.429. The molecule has 0 spiro atoms. The largest absolute Gasteiger partial charge is 0.484 e. The first kappa shape index (κ1) is 15.0. The van der Waals surface area contributed by atoms with Crippen LogP contribution in [0.4, 0.5) is 0 Å². The Kier molecular flexibility index (Phi) is 5.85. The summed E-state index contributed by atoms with van der Waals surface area (Å²) in [5, 5.41) is 8.60. The summed E-state index contributed by atoms with van der Waals surface area (Å²) in [6.45, 7) is 4.40. The van der Waals surface area contributed by atoms with Crippen molar-refractivity contribution in [2.45, 2.75) is 20.3 Å². The average Bonchev–Trinajstić information content (AvgIpc) is 2.38. The monoisotopic (exact) mass is 265 g/mol. The molecule has 104 valence electrons. The van der Waals surface area contributed by atoms with E-state index in [9.17, 15) is 9.59 Å². The summed E-state index contributed by atoms with van der Waals surface area (Å²) >= 11 is 0. The number of ether oxygens (including phenoxy) is 1. The summed E-state index contributed by atoms with van der Waals surface area (Å²) in [7, 11) is 0. The molecule has 0 fully saturated rings. The molecule has 0 unspecified atom stereocenters. The quantitative estimate of drug-likeness (QED) is 0.814. The minimum absolute atomic E-state index is 0.0515. The molecule has 0 aliphatic carbocycles. The lowest BCUT2D eigenvalue weighted by molar-refractivity contribution is -0.139. The van der Waals surface area contributed by atoms with Crippen molar-refractivity contribution >= 4 is 11.9 Å². The Morgan fingerprint density at radius 2 is 1.89 bits per heavy atom. The number of benzene rings is 1. The number of carboxylic acid groups (broad SMARTS) is 1. The highest BCUT2D eigenvalue weighted by molar-refractivity contribution is 5.78. The van der Waals surface area contributed by atoms with Crippen LogP contribution in [0, 0.1) is 6.92 Å². The first-order valence-corrected chi connectivity index (χ1v) is 6.22. The molecular formula is C14H19NO4. The Balaban J connectivity index is 2.44. The fourth-order valence-corrected chi connectivity index (χ4v) is 1.56. The van der Waals surface area contributed by atoms with E-state index in [1.807, 2.05) is 26.0 Å². The number of hydrogen-bond donors (Lipinski definition) is 1. The molecule has 0 saturated heterocycles. The third-order valence-electron chi connectivity index (χ3n) is 2.71. The van der Waals surface area contributed by atoms with Crippen molar-refractivity contribution in [2.24, 2.45) is 0 Å². The summed E-state index contributed by atoms with van der Waals surface area (Å²) in [6, 6.07) is 7.41. The van der Waals surface area contributed by atoms with Gasteiger partial charge in [-0.15, -0.1) is 0 Å². The maximum Gasteiger partial charge on any atom is 0.305 e. The van der Waals surface area contributed by atoms with Gasteiger partial charge in [-0.3, -0.25) is 9.59 Å². The SMILES string of the molecule is CCN(CCC(=O)O)C(=O)COc1ccc(C)cc1. The van der Waals surface area contributed by atoms with Crippen LogP contribution >= 0.6 is 0 Å². The van der Waals surface area contributed by atoms with E-state index in [0.717, 1.165) is 5.56 Å². The zero-order valence-electron chi connectivity index (χ0n) is 11.3. The molecule has 19 heavy (non-hydrogen) atoms. The van der Waals surface area contributed by atoms with Gasteiger partial charge < -0.3 is 14.7 Å². The number of aliphatic carboxylic acids is 1. The molecular weight excluding hydrogens is 246 g/mol. The van der Waals surface area contributed by atoms with Gasteiger partial charge in [-0.2, -0.15) is 0 Å². The summed E-state index contributed by atoms with van der Waals surface area (Å²) in [6.07, 6.45) is -0.0515. The van der Waals surface area contributed by atoms with E-state index in [0.29, 0.717) is 12.3 Å². The molecule has 0 saturated carbocycles. The molecule has 1 N–H and O–H groups in total. The summed E-state index contributed by atoms with van der Waals surface area (Å²) in [5.74, 6) is -0.483. The second-order valence-electron chi connectivity index (χ2n) is 4.22. The van der Waals surface area contributed by atoms with E-state index in [-0.39, 0.29) is 25.5 Å². The number of hydrogen-bond acceptors (Lipinski definition) is 3. The normalized spacial score (nSPS) is 10.0. The minimum atomic E-state index is -0.911. The number of amides is 1. The third kappa shape index (κ3) is 5.42.